The lowest BCUT2D eigenvalue weighted by Crippen LogP contribution is -2.40. The van der Waals surface area contributed by atoms with Gasteiger partial charge in [-0.1, -0.05) is 39.8 Å². The highest BCUT2D eigenvalue weighted by atomic mass is 127. The van der Waals surface area contributed by atoms with Crippen molar-refractivity contribution in [2.75, 3.05) is 25.5 Å². The van der Waals surface area contributed by atoms with Crippen LogP contribution in [0.15, 0.2) is 29.3 Å². The molecule has 1 aromatic rings. The summed E-state index contributed by atoms with van der Waals surface area (Å²) < 4.78 is 0. The van der Waals surface area contributed by atoms with Crippen molar-refractivity contribution < 1.29 is 4.79 Å². The van der Waals surface area contributed by atoms with Crippen molar-refractivity contribution in [3.63, 3.8) is 0 Å². The zero-order chi connectivity index (χ0) is 18.4. The second-order valence-electron chi connectivity index (χ2n) is 8.08. The highest BCUT2D eigenvalue weighted by Crippen LogP contribution is 2.28. The molecular formula is C20H33IN4O. The molecule has 1 amide bonds. The predicted octanol–water partition coefficient (Wildman–Crippen LogP) is 4.10. The van der Waals surface area contributed by atoms with Gasteiger partial charge in [-0.3, -0.25) is 9.79 Å². The van der Waals surface area contributed by atoms with Gasteiger partial charge >= 0.3 is 0 Å². The van der Waals surface area contributed by atoms with E-state index >= 15 is 0 Å². The maximum atomic E-state index is 11.9. The van der Waals surface area contributed by atoms with E-state index < -0.39 is 0 Å². The number of aliphatic imine (C=N–C) groups is 1. The number of hydrogen-bond acceptors (Lipinski definition) is 2. The van der Waals surface area contributed by atoms with E-state index in [0.717, 1.165) is 30.3 Å². The minimum absolute atomic E-state index is 0. The van der Waals surface area contributed by atoms with Crippen molar-refractivity contribution in [2.45, 2.75) is 47.1 Å². The van der Waals surface area contributed by atoms with E-state index in [2.05, 4.69) is 40.4 Å². The van der Waals surface area contributed by atoms with Crippen molar-refractivity contribution in [2.24, 2.45) is 16.3 Å². The lowest BCUT2D eigenvalue weighted by Gasteiger charge is -2.23. The number of benzene rings is 1. The minimum atomic E-state index is 0. The number of likely N-dealkylation sites (tertiary alicyclic amines) is 1. The highest BCUT2D eigenvalue weighted by molar-refractivity contribution is 14.0. The molecule has 0 bridgehead atoms. The van der Waals surface area contributed by atoms with Crippen molar-refractivity contribution in [3.8, 4) is 0 Å². The first-order valence-electron chi connectivity index (χ1n) is 9.13. The normalized spacial score (nSPS) is 16.4. The Kier molecular flexibility index (Phi) is 8.86. The zero-order valence-electron chi connectivity index (χ0n) is 16.6. The molecule has 1 heterocycles. The van der Waals surface area contributed by atoms with Crippen molar-refractivity contribution in [1.29, 1.82) is 0 Å². The summed E-state index contributed by atoms with van der Waals surface area (Å²) in [6, 6.07) is 7.99. The van der Waals surface area contributed by atoms with Gasteiger partial charge in [0.25, 0.3) is 0 Å². The smallest absolute Gasteiger partial charge is 0.224 e. The Morgan fingerprint density at radius 2 is 2.08 bits per heavy atom. The molecule has 6 heteroatoms. The lowest BCUT2D eigenvalue weighted by molar-refractivity contribution is -0.116. The quantitative estimate of drug-likeness (QED) is 0.386. The lowest BCUT2D eigenvalue weighted by atomic mass is 9.93. The first kappa shape index (κ1) is 22.7. The Bertz CT molecular complexity index is 628. The van der Waals surface area contributed by atoms with Gasteiger partial charge in [-0.2, -0.15) is 0 Å². The Balaban J connectivity index is 0.00000338. The van der Waals surface area contributed by atoms with Gasteiger partial charge in [0.2, 0.25) is 5.91 Å². The maximum absolute atomic E-state index is 11.9. The molecule has 0 atom stereocenters. The van der Waals surface area contributed by atoms with Crippen LogP contribution in [0.25, 0.3) is 0 Å². The molecule has 0 radical (unpaired) electrons. The first-order valence-corrected chi connectivity index (χ1v) is 9.13. The molecule has 0 unspecified atom stereocenters. The highest BCUT2D eigenvalue weighted by Gasteiger charge is 2.30. The number of amides is 1. The second-order valence-corrected chi connectivity index (χ2v) is 8.08. The minimum Gasteiger partial charge on any atom is -0.352 e. The third-order valence-corrected chi connectivity index (χ3v) is 4.44. The Morgan fingerprint density at radius 3 is 2.65 bits per heavy atom. The molecule has 5 nitrogen and oxygen atoms in total. The van der Waals surface area contributed by atoms with Crippen LogP contribution in [0, 0.1) is 11.3 Å². The average Bonchev–Trinajstić information content (AvgIpc) is 2.87. The first-order chi connectivity index (χ1) is 11.8. The summed E-state index contributed by atoms with van der Waals surface area (Å²) in [5.41, 5.74) is 2.32. The van der Waals surface area contributed by atoms with Gasteiger partial charge < -0.3 is 15.5 Å². The monoisotopic (exact) mass is 472 g/mol. The molecule has 1 aliphatic heterocycles. The Morgan fingerprint density at radius 1 is 1.35 bits per heavy atom. The van der Waals surface area contributed by atoms with Gasteiger partial charge in [0, 0.05) is 38.8 Å². The van der Waals surface area contributed by atoms with Crippen LogP contribution in [0.3, 0.4) is 0 Å². The van der Waals surface area contributed by atoms with Crippen LogP contribution in [0.1, 0.15) is 46.1 Å². The van der Waals surface area contributed by atoms with Crippen LogP contribution < -0.4 is 10.6 Å². The van der Waals surface area contributed by atoms with Gasteiger partial charge in [0.15, 0.2) is 5.96 Å². The van der Waals surface area contributed by atoms with Crippen LogP contribution >= 0.6 is 24.0 Å². The summed E-state index contributed by atoms with van der Waals surface area (Å²) in [7, 11) is 1.83. The maximum Gasteiger partial charge on any atom is 0.224 e. The largest absolute Gasteiger partial charge is 0.352 e. The number of rotatable bonds is 5. The zero-order valence-corrected chi connectivity index (χ0v) is 19.0. The van der Waals surface area contributed by atoms with E-state index in [4.69, 9.17) is 0 Å². The fourth-order valence-electron chi connectivity index (χ4n) is 3.15. The fraction of sp³-hybridized carbons (Fsp3) is 0.600. The molecule has 0 aliphatic carbocycles. The van der Waals surface area contributed by atoms with Crippen molar-refractivity contribution in [3.05, 3.63) is 29.8 Å². The Labute approximate surface area is 175 Å². The Hall–Kier alpha value is -1.31. The molecule has 2 rings (SSSR count). The number of nitrogens with one attached hydrogen (secondary N) is 2. The van der Waals surface area contributed by atoms with Gasteiger partial charge in [-0.15, -0.1) is 24.0 Å². The van der Waals surface area contributed by atoms with Crippen molar-refractivity contribution in [1.82, 2.24) is 10.2 Å². The fourth-order valence-corrected chi connectivity index (χ4v) is 3.15. The molecule has 2 N–H and O–H groups in total. The third-order valence-electron chi connectivity index (χ3n) is 4.44. The van der Waals surface area contributed by atoms with E-state index in [1.807, 2.05) is 39.1 Å². The number of carbonyl (C=O) groups excluding carboxylic acids is 1. The van der Waals surface area contributed by atoms with E-state index in [9.17, 15) is 4.79 Å². The summed E-state index contributed by atoms with van der Waals surface area (Å²) in [5, 5.41) is 6.42. The van der Waals surface area contributed by atoms with Crippen LogP contribution in [-0.2, 0) is 11.3 Å². The standard InChI is InChI=1S/C20H32N4O.HI/c1-15(2)11-18(25)23-17-8-6-7-16(12-17)13-22-19(21-5)24-10-9-20(3,4)14-24;/h6-8,12,15H,9-11,13-14H2,1-5H3,(H,21,22)(H,23,25);1H. The van der Waals surface area contributed by atoms with Crippen LogP contribution in [0.4, 0.5) is 5.69 Å². The molecule has 0 saturated carbocycles. The molecule has 1 aliphatic rings. The van der Waals surface area contributed by atoms with E-state index in [1.165, 1.54) is 6.42 Å². The molecule has 1 fully saturated rings. The van der Waals surface area contributed by atoms with Crippen LogP contribution in [0.5, 0.6) is 0 Å². The molecule has 26 heavy (non-hydrogen) atoms. The van der Waals surface area contributed by atoms with Gasteiger partial charge in [0.05, 0.1) is 0 Å². The molecular weight excluding hydrogens is 439 g/mol. The summed E-state index contributed by atoms with van der Waals surface area (Å²) in [5.74, 6) is 1.37. The summed E-state index contributed by atoms with van der Waals surface area (Å²) >= 11 is 0. The molecule has 0 aromatic heterocycles. The molecule has 1 saturated heterocycles. The topological polar surface area (TPSA) is 56.7 Å². The van der Waals surface area contributed by atoms with E-state index in [-0.39, 0.29) is 29.9 Å². The SMILES string of the molecule is CN=C(NCc1cccc(NC(=O)CC(C)C)c1)N1CCC(C)(C)C1.I. The molecule has 0 spiro atoms. The number of anilines is 1. The number of nitrogens with zero attached hydrogens (tertiary/aromatic N) is 2. The molecule has 1 aromatic carbocycles. The average molecular weight is 472 g/mol. The van der Waals surface area contributed by atoms with E-state index in [0.29, 0.717) is 24.3 Å². The number of halogens is 1. The third kappa shape index (κ3) is 7.13. The summed E-state index contributed by atoms with van der Waals surface area (Å²) in [6.45, 7) is 11.4. The van der Waals surface area contributed by atoms with Gasteiger partial charge in [0.1, 0.15) is 0 Å². The van der Waals surface area contributed by atoms with Gasteiger partial charge in [-0.05, 0) is 35.4 Å². The van der Waals surface area contributed by atoms with E-state index in [1.54, 1.807) is 0 Å². The number of guanidine groups is 1. The number of hydrogen-bond donors (Lipinski definition) is 2. The summed E-state index contributed by atoms with van der Waals surface area (Å²) in [6.07, 6.45) is 1.73. The predicted molar refractivity (Wildman–Crippen MR) is 120 cm³/mol. The van der Waals surface area contributed by atoms with Crippen LogP contribution in [-0.4, -0.2) is 36.9 Å². The van der Waals surface area contributed by atoms with Gasteiger partial charge in [-0.25, -0.2) is 0 Å². The van der Waals surface area contributed by atoms with Crippen LogP contribution in [0.2, 0.25) is 0 Å². The van der Waals surface area contributed by atoms with Crippen molar-refractivity contribution >= 4 is 41.5 Å². The summed E-state index contributed by atoms with van der Waals surface area (Å²) in [4.78, 5) is 18.7. The second kappa shape index (κ2) is 10.1. The number of carbonyl (C=O) groups is 1. The molecule has 146 valence electrons.